The van der Waals surface area contributed by atoms with Crippen molar-refractivity contribution in [2.75, 3.05) is 6.54 Å². The number of rotatable bonds is 5. The van der Waals surface area contributed by atoms with Crippen LogP contribution in [0.15, 0.2) is 30.3 Å². The van der Waals surface area contributed by atoms with Crippen LogP contribution in [-0.2, 0) is 0 Å². The van der Waals surface area contributed by atoms with Gasteiger partial charge in [-0.25, -0.2) is 8.78 Å². The maximum atomic E-state index is 12.3. The van der Waals surface area contributed by atoms with E-state index in [1.807, 2.05) is 0 Å². The maximum absolute atomic E-state index is 12.3. The van der Waals surface area contributed by atoms with Gasteiger partial charge in [0.25, 0.3) is 6.43 Å². The van der Waals surface area contributed by atoms with Gasteiger partial charge in [0, 0.05) is 6.04 Å². The predicted molar refractivity (Wildman–Crippen MR) is 53.9 cm³/mol. The van der Waals surface area contributed by atoms with Gasteiger partial charge in [-0.2, -0.15) is 13.2 Å². The highest BCUT2D eigenvalue weighted by atomic mass is 19.4. The number of benzene rings is 1. The lowest BCUT2D eigenvalue weighted by Crippen LogP contribution is -2.30. The lowest BCUT2D eigenvalue weighted by Gasteiger charge is -2.20. The molecule has 0 amide bonds. The molecule has 0 bridgehead atoms. The van der Waals surface area contributed by atoms with Crippen molar-refractivity contribution in [3.8, 4) is 0 Å². The SMILES string of the molecule is FC(F)CNC(CC(F)(F)F)c1ccccc1. The van der Waals surface area contributed by atoms with Gasteiger partial charge >= 0.3 is 6.18 Å². The van der Waals surface area contributed by atoms with Gasteiger partial charge in [-0.3, -0.25) is 0 Å². The second-order valence-electron chi connectivity index (χ2n) is 3.58. The Hall–Kier alpha value is -1.17. The van der Waals surface area contributed by atoms with Gasteiger partial charge in [0.05, 0.1) is 13.0 Å². The van der Waals surface area contributed by atoms with Crippen LogP contribution in [0.1, 0.15) is 18.0 Å². The molecule has 0 aliphatic rings. The molecule has 1 nitrogen and oxygen atoms in total. The molecule has 0 saturated carbocycles. The van der Waals surface area contributed by atoms with E-state index in [0.29, 0.717) is 5.56 Å². The van der Waals surface area contributed by atoms with Crippen LogP contribution >= 0.6 is 0 Å². The molecule has 0 aromatic heterocycles. The van der Waals surface area contributed by atoms with E-state index >= 15 is 0 Å². The number of hydrogen-bond donors (Lipinski definition) is 1. The molecule has 1 rings (SSSR count). The third kappa shape index (κ3) is 5.63. The third-order valence-electron chi connectivity index (χ3n) is 2.16. The quantitative estimate of drug-likeness (QED) is 0.791. The summed E-state index contributed by atoms with van der Waals surface area (Å²) in [7, 11) is 0. The molecule has 0 aliphatic heterocycles. The summed E-state index contributed by atoms with van der Waals surface area (Å²) in [5.74, 6) is 0. The summed E-state index contributed by atoms with van der Waals surface area (Å²) in [5, 5.41) is 2.22. The topological polar surface area (TPSA) is 12.0 Å². The Morgan fingerprint density at radius 3 is 2.12 bits per heavy atom. The first-order valence-electron chi connectivity index (χ1n) is 5.02. The highest BCUT2D eigenvalue weighted by molar-refractivity contribution is 5.19. The largest absolute Gasteiger partial charge is 0.390 e. The molecule has 1 unspecified atom stereocenters. The average Bonchev–Trinajstić information content (AvgIpc) is 2.24. The highest BCUT2D eigenvalue weighted by Gasteiger charge is 2.32. The Morgan fingerprint density at radius 1 is 1.06 bits per heavy atom. The molecule has 6 heteroatoms. The van der Waals surface area contributed by atoms with Gasteiger partial charge in [0.1, 0.15) is 0 Å². The Bertz CT molecular complexity index is 322. The summed E-state index contributed by atoms with van der Waals surface area (Å²) in [5.41, 5.74) is 0.352. The molecule has 0 spiro atoms. The average molecular weight is 253 g/mol. The Morgan fingerprint density at radius 2 is 1.65 bits per heavy atom. The lowest BCUT2D eigenvalue weighted by molar-refractivity contribution is -0.140. The molecule has 0 fully saturated rings. The van der Waals surface area contributed by atoms with Crippen LogP contribution in [0.25, 0.3) is 0 Å². The van der Waals surface area contributed by atoms with Gasteiger partial charge in [-0.1, -0.05) is 30.3 Å². The van der Waals surface area contributed by atoms with Crippen molar-refractivity contribution >= 4 is 0 Å². The first-order chi connectivity index (χ1) is 7.88. The molecule has 0 radical (unpaired) electrons. The zero-order valence-electron chi connectivity index (χ0n) is 8.85. The monoisotopic (exact) mass is 253 g/mol. The second-order valence-corrected chi connectivity index (χ2v) is 3.58. The standard InChI is InChI=1S/C11H12F5N/c12-10(13)7-17-9(6-11(14,15)16)8-4-2-1-3-5-8/h1-5,9-10,17H,6-7H2. The zero-order chi connectivity index (χ0) is 12.9. The summed E-state index contributed by atoms with van der Waals surface area (Å²) >= 11 is 0. The fraction of sp³-hybridized carbons (Fsp3) is 0.455. The fourth-order valence-electron chi connectivity index (χ4n) is 1.46. The number of nitrogens with one attached hydrogen (secondary N) is 1. The Labute approximate surface area is 95.6 Å². The van der Waals surface area contributed by atoms with Crippen molar-refractivity contribution in [2.45, 2.75) is 25.1 Å². The lowest BCUT2D eigenvalue weighted by atomic mass is 10.0. The minimum Gasteiger partial charge on any atom is -0.304 e. The van der Waals surface area contributed by atoms with E-state index in [-0.39, 0.29) is 0 Å². The summed E-state index contributed by atoms with van der Waals surface area (Å²) in [6.07, 6.45) is -8.23. The molecule has 0 aliphatic carbocycles. The van der Waals surface area contributed by atoms with E-state index in [1.54, 1.807) is 18.2 Å². The van der Waals surface area contributed by atoms with Gasteiger partial charge < -0.3 is 5.32 Å². The molecule has 1 N–H and O–H groups in total. The van der Waals surface area contributed by atoms with Crippen LogP contribution in [0.2, 0.25) is 0 Å². The highest BCUT2D eigenvalue weighted by Crippen LogP contribution is 2.29. The molecule has 1 atom stereocenters. The number of alkyl halides is 5. The number of halogens is 5. The van der Waals surface area contributed by atoms with Crippen LogP contribution in [0.5, 0.6) is 0 Å². The minimum absolute atomic E-state index is 0.352. The molecular weight excluding hydrogens is 241 g/mol. The summed E-state index contributed by atoms with van der Waals surface area (Å²) < 4.78 is 60.9. The van der Waals surface area contributed by atoms with Crippen molar-refractivity contribution in [1.29, 1.82) is 0 Å². The van der Waals surface area contributed by atoms with Gasteiger partial charge in [0.2, 0.25) is 0 Å². The molecule has 0 heterocycles. The van der Waals surface area contributed by atoms with E-state index in [2.05, 4.69) is 5.32 Å². The van der Waals surface area contributed by atoms with Crippen molar-refractivity contribution in [3.63, 3.8) is 0 Å². The summed E-state index contributed by atoms with van der Waals surface area (Å²) in [4.78, 5) is 0. The first-order valence-corrected chi connectivity index (χ1v) is 5.02. The second kappa shape index (κ2) is 5.95. The van der Waals surface area contributed by atoms with E-state index in [9.17, 15) is 22.0 Å². The first kappa shape index (κ1) is 13.9. The van der Waals surface area contributed by atoms with Crippen LogP contribution in [0, 0.1) is 0 Å². The molecule has 17 heavy (non-hydrogen) atoms. The van der Waals surface area contributed by atoms with Gasteiger partial charge in [-0.15, -0.1) is 0 Å². The van der Waals surface area contributed by atoms with Crippen molar-refractivity contribution < 1.29 is 22.0 Å². The van der Waals surface area contributed by atoms with Crippen molar-refractivity contribution in [1.82, 2.24) is 5.32 Å². The van der Waals surface area contributed by atoms with Crippen LogP contribution in [0.3, 0.4) is 0 Å². The third-order valence-corrected chi connectivity index (χ3v) is 2.16. The van der Waals surface area contributed by atoms with Gasteiger partial charge in [0.15, 0.2) is 0 Å². The molecule has 1 aromatic rings. The van der Waals surface area contributed by atoms with E-state index in [1.165, 1.54) is 12.1 Å². The zero-order valence-corrected chi connectivity index (χ0v) is 8.85. The summed E-state index contributed by atoms with van der Waals surface area (Å²) in [6.45, 7) is -0.754. The van der Waals surface area contributed by atoms with Crippen molar-refractivity contribution in [2.24, 2.45) is 0 Å². The van der Waals surface area contributed by atoms with Crippen LogP contribution in [0.4, 0.5) is 22.0 Å². The van der Waals surface area contributed by atoms with E-state index in [0.717, 1.165) is 0 Å². The predicted octanol–water partition coefficient (Wildman–Crippen LogP) is 3.53. The molecule has 0 saturated heterocycles. The Kier molecular flexibility index (Phi) is 4.86. The fourth-order valence-corrected chi connectivity index (χ4v) is 1.46. The molecule has 1 aromatic carbocycles. The maximum Gasteiger partial charge on any atom is 0.390 e. The normalized spacial score (nSPS) is 14.0. The smallest absolute Gasteiger partial charge is 0.304 e. The Balaban J connectivity index is 2.72. The van der Waals surface area contributed by atoms with Crippen LogP contribution < -0.4 is 5.32 Å². The van der Waals surface area contributed by atoms with E-state index < -0.39 is 31.6 Å². The molecule has 96 valence electrons. The van der Waals surface area contributed by atoms with E-state index in [4.69, 9.17) is 0 Å². The summed E-state index contributed by atoms with van der Waals surface area (Å²) in [6, 6.07) is 6.63. The van der Waals surface area contributed by atoms with Gasteiger partial charge in [-0.05, 0) is 5.56 Å². The minimum atomic E-state index is -4.39. The van der Waals surface area contributed by atoms with Crippen molar-refractivity contribution in [3.05, 3.63) is 35.9 Å². The molecular formula is C11H12F5N. The van der Waals surface area contributed by atoms with Crippen LogP contribution in [-0.4, -0.2) is 19.1 Å². The number of hydrogen-bond acceptors (Lipinski definition) is 1.